The first kappa shape index (κ1) is 22.0. The van der Waals surface area contributed by atoms with Crippen LogP contribution in [-0.2, 0) is 4.79 Å². The van der Waals surface area contributed by atoms with Crippen molar-refractivity contribution in [2.24, 2.45) is 10.9 Å². The Morgan fingerprint density at radius 1 is 1.32 bits per heavy atom. The van der Waals surface area contributed by atoms with Gasteiger partial charge in [-0.3, -0.25) is 9.79 Å². The molecular weight excluding hydrogens is 354 g/mol. The zero-order valence-corrected chi connectivity index (χ0v) is 17.9. The molecular formula is C21H35N5O2. The third-order valence-electron chi connectivity index (χ3n) is 5.45. The number of nitrogens with one attached hydrogen (secondary N) is 2. The maximum Gasteiger partial charge on any atom is 0.220 e. The highest BCUT2D eigenvalue weighted by Crippen LogP contribution is 2.27. The van der Waals surface area contributed by atoms with Gasteiger partial charge in [0.2, 0.25) is 5.91 Å². The summed E-state index contributed by atoms with van der Waals surface area (Å²) < 4.78 is 5.55. The Morgan fingerprint density at radius 2 is 2.00 bits per heavy atom. The van der Waals surface area contributed by atoms with Crippen molar-refractivity contribution >= 4 is 11.9 Å². The number of ether oxygens (including phenoxy) is 1. The van der Waals surface area contributed by atoms with Crippen LogP contribution in [0.5, 0.6) is 5.75 Å². The van der Waals surface area contributed by atoms with Gasteiger partial charge in [0.1, 0.15) is 5.75 Å². The molecule has 1 saturated heterocycles. The summed E-state index contributed by atoms with van der Waals surface area (Å²) in [5.74, 6) is 2.40. The first-order chi connectivity index (χ1) is 13.5. The maximum atomic E-state index is 11.6. The summed E-state index contributed by atoms with van der Waals surface area (Å²) in [7, 11) is 9.39. The second kappa shape index (κ2) is 10.9. The van der Waals surface area contributed by atoms with Gasteiger partial charge in [0, 0.05) is 45.7 Å². The van der Waals surface area contributed by atoms with Gasteiger partial charge in [-0.05, 0) is 38.9 Å². The fourth-order valence-corrected chi connectivity index (χ4v) is 3.75. The zero-order valence-electron chi connectivity index (χ0n) is 17.9. The van der Waals surface area contributed by atoms with Crippen LogP contribution < -0.4 is 15.4 Å². The van der Waals surface area contributed by atoms with E-state index in [0.717, 1.165) is 49.7 Å². The predicted octanol–water partition coefficient (Wildman–Crippen LogP) is 1.72. The number of amides is 1. The molecule has 0 bridgehead atoms. The average molecular weight is 390 g/mol. The van der Waals surface area contributed by atoms with Crippen LogP contribution in [0.15, 0.2) is 29.3 Å². The fourth-order valence-electron chi connectivity index (χ4n) is 3.75. The lowest BCUT2D eigenvalue weighted by Crippen LogP contribution is -2.47. The number of piperidine rings is 1. The third kappa shape index (κ3) is 5.86. The highest BCUT2D eigenvalue weighted by Gasteiger charge is 2.24. The molecule has 7 heteroatoms. The summed E-state index contributed by atoms with van der Waals surface area (Å²) in [5.41, 5.74) is 1.15. The molecule has 1 aliphatic heterocycles. The lowest BCUT2D eigenvalue weighted by molar-refractivity contribution is -0.121. The number of hydrogen-bond acceptors (Lipinski definition) is 4. The van der Waals surface area contributed by atoms with Crippen molar-refractivity contribution in [1.29, 1.82) is 0 Å². The van der Waals surface area contributed by atoms with Crippen molar-refractivity contribution in [3.05, 3.63) is 29.8 Å². The fraction of sp³-hybridized carbons (Fsp3) is 0.619. The van der Waals surface area contributed by atoms with E-state index in [1.807, 2.05) is 25.2 Å². The van der Waals surface area contributed by atoms with Crippen molar-refractivity contribution < 1.29 is 9.53 Å². The first-order valence-corrected chi connectivity index (χ1v) is 9.95. The zero-order chi connectivity index (χ0) is 20.5. The molecule has 0 aromatic heterocycles. The van der Waals surface area contributed by atoms with Gasteiger partial charge in [-0.2, -0.15) is 0 Å². The van der Waals surface area contributed by atoms with Crippen molar-refractivity contribution in [1.82, 2.24) is 20.4 Å². The van der Waals surface area contributed by atoms with E-state index in [0.29, 0.717) is 12.3 Å². The molecule has 7 nitrogen and oxygen atoms in total. The minimum absolute atomic E-state index is 0.131. The molecule has 1 aliphatic rings. The van der Waals surface area contributed by atoms with E-state index < -0.39 is 0 Å². The molecule has 1 heterocycles. The van der Waals surface area contributed by atoms with Crippen LogP contribution in [0.2, 0.25) is 0 Å². The van der Waals surface area contributed by atoms with E-state index in [1.165, 1.54) is 0 Å². The molecule has 1 unspecified atom stereocenters. The van der Waals surface area contributed by atoms with E-state index >= 15 is 0 Å². The summed E-state index contributed by atoms with van der Waals surface area (Å²) in [5, 5.41) is 6.26. The minimum Gasteiger partial charge on any atom is -0.496 e. The van der Waals surface area contributed by atoms with Crippen LogP contribution in [0.4, 0.5) is 0 Å². The highest BCUT2D eigenvalue weighted by molar-refractivity contribution is 5.80. The van der Waals surface area contributed by atoms with Gasteiger partial charge < -0.3 is 25.2 Å². The lowest BCUT2D eigenvalue weighted by atomic mass is 9.93. The Hall–Kier alpha value is -2.28. The molecule has 28 heavy (non-hydrogen) atoms. The monoisotopic (exact) mass is 389 g/mol. The standard InChI is InChI=1S/C21H35N5O2/c1-22-20(27)14-16-10-12-26(13-11-16)21(23-2)24-15-18(25(3)4)17-8-6-7-9-19(17)28-5/h6-9,16,18H,10-15H2,1-5H3,(H,22,27)(H,23,24). The van der Waals surface area contributed by atoms with E-state index in [1.54, 1.807) is 14.2 Å². The number of rotatable bonds is 7. The Kier molecular flexibility index (Phi) is 8.57. The number of likely N-dealkylation sites (tertiary alicyclic amines) is 1. The van der Waals surface area contributed by atoms with E-state index in [2.05, 4.69) is 45.6 Å². The quantitative estimate of drug-likeness (QED) is 0.549. The number of guanidine groups is 1. The van der Waals surface area contributed by atoms with Crippen LogP contribution in [0.1, 0.15) is 30.9 Å². The number of hydrogen-bond donors (Lipinski definition) is 2. The molecule has 156 valence electrons. The molecule has 1 fully saturated rings. The van der Waals surface area contributed by atoms with Crippen LogP contribution in [-0.4, -0.2) is 76.6 Å². The topological polar surface area (TPSA) is 69.2 Å². The summed E-state index contributed by atoms with van der Waals surface area (Å²) in [6, 6.07) is 8.31. The SMILES string of the molecule is CN=C(NCC(c1ccccc1OC)N(C)C)N1CCC(CC(=O)NC)CC1. The second-order valence-corrected chi connectivity index (χ2v) is 7.46. The largest absolute Gasteiger partial charge is 0.496 e. The highest BCUT2D eigenvalue weighted by atomic mass is 16.5. The first-order valence-electron chi connectivity index (χ1n) is 9.95. The number of aliphatic imine (C=N–C) groups is 1. The van der Waals surface area contributed by atoms with Gasteiger partial charge in [-0.1, -0.05) is 18.2 Å². The summed E-state index contributed by atoms with van der Waals surface area (Å²) in [6.45, 7) is 2.57. The molecule has 2 N–H and O–H groups in total. The third-order valence-corrected chi connectivity index (χ3v) is 5.45. The molecule has 1 aromatic carbocycles. The number of nitrogens with zero attached hydrogens (tertiary/aromatic N) is 3. The smallest absolute Gasteiger partial charge is 0.220 e. The Morgan fingerprint density at radius 3 is 2.57 bits per heavy atom. The maximum absolute atomic E-state index is 11.6. The van der Waals surface area contributed by atoms with Crippen LogP contribution >= 0.6 is 0 Å². The number of likely N-dealkylation sites (N-methyl/N-ethyl adjacent to an activating group) is 1. The molecule has 0 radical (unpaired) electrons. The van der Waals surface area contributed by atoms with Gasteiger partial charge in [0.15, 0.2) is 5.96 Å². The van der Waals surface area contributed by atoms with Crippen molar-refractivity contribution in [3.8, 4) is 5.75 Å². The van der Waals surface area contributed by atoms with Crippen molar-refractivity contribution in [2.75, 3.05) is 54.9 Å². The molecule has 0 spiro atoms. The molecule has 1 atom stereocenters. The molecule has 0 saturated carbocycles. The van der Waals surface area contributed by atoms with Crippen molar-refractivity contribution in [2.45, 2.75) is 25.3 Å². The Balaban J connectivity index is 1.96. The molecule has 1 amide bonds. The van der Waals surface area contributed by atoms with Gasteiger partial charge in [0.25, 0.3) is 0 Å². The normalized spacial score (nSPS) is 16.8. The van der Waals surface area contributed by atoms with Crippen molar-refractivity contribution in [3.63, 3.8) is 0 Å². The van der Waals surface area contributed by atoms with Crippen LogP contribution in [0.25, 0.3) is 0 Å². The molecule has 2 rings (SSSR count). The van der Waals surface area contributed by atoms with E-state index in [-0.39, 0.29) is 11.9 Å². The number of methoxy groups -OCH3 is 1. The summed E-state index contributed by atoms with van der Waals surface area (Å²) in [6.07, 6.45) is 2.64. The number of para-hydroxylation sites is 1. The van der Waals surface area contributed by atoms with Gasteiger partial charge in [0.05, 0.1) is 13.2 Å². The number of carbonyl (C=O) groups is 1. The van der Waals surface area contributed by atoms with Gasteiger partial charge in [-0.25, -0.2) is 0 Å². The molecule has 0 aliphatic carbocycles. The summed E-state index contributed by atoms with van der Waals surface area (Å²) >= 11 is 0. The van der Waals surface area contributed by atoms with Crippen LogP contribution in [0, 0.1) is 5.92 Å². The van der Waals surface area contributed by atoms with Gasteiger partial charge >= 0.3 is 0 Å². The summed E-state index contributed by atoms with van der Waals surface area (Å²) in [4.78, 5) is 20.6. The Bertz CT molecular complexity index is 654. The van der Waals surface area contributed by atoms with E-state index in [9.17, 15) is 4.79 Å². The second-order valence-electron chi connectivity index (χ2n) is 7.46. The predicted molar refractivity (Wildman–Crippen MR) is 114 cm³/mol. The minimum atomic E-state index is 0.131. The lowest BCUT2D eigenvalue weighted by Gasteiger charge is -2.35. The average Bonchev–Trinajstić information content (AvgIpc) is 2.71. The van der Waals surface area contributed by atoms with Gasteiger partial charge in [-0.15, -0.1) is 0 Å². The number of benzene rings is 1. The van der Waals surface area contributed by atoms with Crippen LogP contribution in [0.3, 0.4) is 0 Å². The van der Waals surface area contributed by atoms with E-state index in [4.69, 9.17) is 4.74 Å². The molecule has 1 aromatic rings. The number of carbonyl (C=O) groups excluding carboxylic acids is 1. The Labute approximate surface area is 169 Å².